The van der Waals surface area contributed by atoms with Gasteiger partial charge in [-0.3, -0.25) is 10.1 Å². The summed E-state index contributed by atoms with van der Waals surface area (Å²) >= 11 is 6.09. The normalized spacial score (nSPS) is 11.2. The highest BCUT2D eigenvalue weighted by atomic mass is 35.5. The van der Waals surface area contributed by atoms with Crippen LogP contribution in [0.5, 0.6) is 0 Å². The SMILES string of the molecule is N#C/C(=C/c1ccc(-c2ccc([N+](=O)[O-])cc2Cl)o1)c1cccc(F)c1. The minimum Gasteiger partial charge on any atom is -0.457 e. The Bertz CT molecular complexity index is 1070. The molecule has 0 saturated carbocycles. The van der Waals surface area contributed by atoms with Crippen molar-refractivity contribution in [2.75, 3.05) is 0 Å². The number of furan rings is 1. The molecular formula is C19H10ClFN2O3. The van der Waals surface area contributed by atoms with Crippen LogP contribution in [0.2, 0.25) is 5.02 Å². The van der Waals surface area contributed by atoms with Gasteiger partial charge in [0.05, 0.1) is 21.6 Å². The monoisotopic (exact) mass is 368 g/mol. The molecule has 2 aromatic carbocycles. The van der Waals surface area contributed by atoms with Gasteiger partial charge in [0.1, 0.15) is 17.3 Å². The fourth-order valence-electron chi connectivity index (χ4n) is 2.37. The Labute approximate surface area is 152 Å². The molecule has 0 amide bonds. The molecular weight excluding hydrogens is 359 g/mol. The lowest BCUT2D eigenvalue weighted by Gasteiger charge is -2.01. The van der Waals surface area contributed by atoms with Gasteiger partial charge in [-0.05, 0) is 42.0 Å². The van der Waals surface area contributed by atoms with Gasteiger partial charge in [0.25, 0.3) is 5.69 Å². The molecule has 128 valence electrons. The Morgan fingerprint density at radius 2 is 2.04 bits per heavy atom. The molecule has 5 nitrogen and oxygen atoms in total. The number of nitro groups is 1. The van der Waals surface area contributed by atoms with Crippen LogP contribution in [-0.2, 0) is 0 Å². The van der Waals surface area contributed by atoms with Crippen LogP contribution in [0.1, 0.15) is 11.3 Å². The number of hydrogen-bond donors (Lipinski definition) is 0. The van der Waals surface area contributed by atoms with Crippen LogP contribution in [0, 0.1) is 27.3 Å². The van der Waals surface area contributed by atoms with Crippen LogP contribution in [0.15, 0.2) is 59.0 Å². The molecule has 1 heterocycles. The summed E-state index contributed by atoms with van der Waals surface area (Å²) in [6.45, 7) is 0. The number of nitro benzene ring substituents is 1. The summed E-state index contributed by atoms with van der Waals surface area (Å²) in [5.74, 6) is 0.323. The first-order valence-corrected chi connectivity index (χ1v) is 7.77. The Kier molecular flexibility index (Phi) is 4.83. The van der Waals surface area contributed by atoms with Crippen LogP contribution in [0.4, 0.5) is 10.1 Å². The zero-order valence-corrected chi connectivity index (χ0v) is 13.9. The van der Waals surface area contributed by atoms with Crippen molar-refractivity contribution in [1.82, 2.24) is 0 Å². The van der Waals surface area contributed by atoms with Crippen molar-refractivity contribution in [2.45, 2.75) is 0 Å². The number of hydrogen-bond acceptors (Lipinski definition) is 4. The maximum Gasteiger partial charge on any atom is 0.270 e. The predicted octanol–water partition coefficient (Wildman–Crippen LogP) is 5.71. The molecule has 0 aliphatic rings. The first-order chi connectivity index (χ1) is 12.5. The van der Waals surface area contributed by atoms with Crippen LogP contribution < -0.4 is 0 Å². The number of allylic oxidation sites excluding steroid dienone is 1. The summed E-state index contributed by atoms with van der Waals surface area (Å²) < 4.78 is 19.0. The molecule has 0 unspecified atom stereocenters. The summed E-state index contributed by atoms with van der Waals surface area (Å²) in [7, 11) is 0. The van der Waals surface area contributed by atoms with Gasteiger partial charge in [0.15, 0.2) is 0 Å². The maximum atomic E-state index is 13.3. The molecule has 0 aliphatic heterocycles. The quantitative estimate of drug-likeness (QED) is 0.335. The third-order valence-corrected chi connectivity index (χ3v) is 3.91. The van der Waals surface area contributed by atoms with Gasteiger partial charge in [-0.2, -0.15) is 5.26 Å². The Balaban J connectivity index is 1.95. The molecule has 7 heteroatoms. The second-order valence-corrected chi connectivity index (χ2v) is 5.71. The second-order valence-electron chi connectivity index (χ2n) is 5.30. The number of nitrogens with zero attached hydrogens (tertiary/aromatic N) is 2. The number of non-ortho nitro benzene ring substituents is 1. The zero-order valence-electron chi connectivity index (χ0n) is 13.1. The van der Waals surface area contributed by atoms with Crippen LogP contribution in [0.25, 0.3) is 23.0 Å². The van der Waals surface area contributed by atoms with Crippen molar-refractivity contribution in [2.24, 2.45) is 0 Å². The topological polar surface area (TPSA) is 80.1 Å². The molecule has 0 bridgehead atoms. The van der Waals surface area contributed by atoms with Gasteiger partial charge in [-0.15, -0.1) is 0 Å². The smallest absolute Gasteiger partial charge is 0.270 e. The van der Waals surface area contributed by atoms with Crippen molar-refractivity contribution < 1.29 is 13.7 Å². The van der Waals surface area contributed by atoms with E-state index in [0.29, 0.717) is 22.6 Å². The van der Waals surface area contributed by atoms with Gasteiger partial charge in [-0.1, -0.05) is 23.7 Å². The van der Waals surface area contributed by atoms with E-state index in [1.54, 1.807) is 18.2 Å². The van der Waals surface area contributed by atoms with Crippen molar-refractivity contribution in [1.29, 1.82) is 5.26 Å². The largest absolute Gasteiger partial charge is 0.457 e. The lowest BCUT2D eigenvalue weighted by Crippen LogP contribution is -1.88. The number of rotatable bonds is 4. The fraction of sp³-hybridized carbons (Fsp3) is 0. The van der Waals surface area contributed by atoms with E-state index in [-0.39, 0.29) is 16.3 Å². The van der Waals surface area contributed by atoms with Crippen molar-refractivity contribution in [3.8, 4) is 17.4 Å². The predicted molar refractivity (Wildman–Crippen MR) is 95.7 cm³/mol. The first kappa shape index (κ1) is 17.4. The summed E-state index contributed by atoms with van der Waals surface area (Å²) in [5, 5.41) is 20.3. The minimum atomic E-state index is -0.538. The fourth-order valence-corrected chi connectivity index (χ4v) is 2.64. The summed E-state index contributed by atoms with van der Waals surface area (Å²) in [5.41, 5.74) is 1.03. The third-order valence-electron chi connectivity index (χ3n) is 3.60. The second kappa shape index (κ2) is 7.21. The molecule has 1 aromatic heterocycles. The van der Waals surface area contributed by atoms with Crippen LogP contribution >= 0.6 is 11.6 Å². The highest BCUT2D eigenvalue weighted by molar-refractivity contribution is 6.33. The van der Waals surface area contributed by atoms with E-state index < -0.39 is 10.7 Å². The molecule has 0 saturated heterocycles. The average Bonchev–Trinajstić information content (AvgIpc) is 3.07. The van der Waals surface area contributed by atoms with E-state index in [1.807, 2.05) is 6.07 Å². The van der Waals surface area contributed by atoms with Gasteiger partial charge >= 0.3 is 0 Å². The standard InChI is InChI=1S/C19H10ClFN2O3/c20-18-10-15(23(24)25)4-6-17(18)19-7-5-16(26-19)9-13(11-22)12-2-1-3-14(21)8-12/h1-10H/b13-9-. The summed E-state index contributed by atoms with van der Waals surface area (Å²) in [6, 6.07) is 15.0. The number of halogens is 2. The highest BCUT2D eigenvalue weighted by Crippen LogP contribution is 2.33. The van der Waals surface area contributed by atoms with E-state index in [4.69, 9.17) is 16.0 Å². The van der Waals surface area contributed by atoms with Crippen molar-refractivity contribution in [3.05, 3.63) is 86.9 Å². The lowest BCUT2D eigenvalue weighted by molar-refractivity contribution is -0.384. The summed E-state index contributed by atoms with van der Waals surface area (Å²) in [4.78, 5) is 10.2. The Morgan fingerprint density at radius 1 is 1.23 bits per heavy atom. The van der Waals surface area contributed by atoms with E-state index in [1.165, 1.54) is 42.5 Å². The Hall–Kier alpha value is -3.43. The number of nitriles is 1. The van der Waals surface area contributed by atoms with Gasteiger partial charge in [0.2, 0.25) is 0 Å². The molecule has 3 rings (SSSR count). The third kappa shape index (κ3) is 3.63. The van der Waals surface area contributed by atoms with Gasteiger partial charge in [0, 0.05) is 17.7 Å². The molecule has 3 aromatic rings. The lowest BCUT2D eigenvalue weighted by atomic mass is 10.1. The molecule has 26 heavy (non-hydrogen) atoms. The van der Waals surface area contributed by atoms with Crippen LogP contribution in [0.3, 0.4) is 0 Å². The first-order valence-electron chi connectivity index (χ1n) is 7.40. The van der Waals surface area contributed by atoms with E-state index >= 15 is 0 Å². The van der Waals surface area contributed by atoms with E-state index in [9.17, 15) is 19.8 Å². The van der Waals surface area contributed by atoms with E-state index in [0.717, 1.165) is 0 Å². The van der Waals surface area contributed by atoms with Crippen LogP contribution in [-0.4, -0.2) is 4.92 Å². The maximum absolute atomic E-state index is 13.3. The molecule has 0 N–H and O–H groups in total. The van der Waals surface area contributed by atoms with Crippen molar-refractivity contribution in [3.63, 3.8) is 0 Å². The Morgan fingerprint density at radius 3 is 2.69 bits per heavy atom. The summed E-state index contributed by atoms with van der Waals surface area (Å²) in [6.07, 6.45) is 1.48. The highest BCUT2D eigenvalue weighted by Gasteiger charge is 2.13. The average molecular weight is 369 g/mol. The van der Waals surface area contributed by atoms with Gasteiger partial charge < -0.3 is 4.42 Å². The van der Waals surface area contributed by atoms with Crippen molar-refractivity contribution >= 4 is 28.9 Å². The minimum absolute atomic E-state index is 0.122. The molecule has 0 atom stereocenters. The molecule has 0 aliphatic carbocycles. The number of benzene rings is 2. The molecule has 0 spiro atoms. The molecule has 0 fully saturated rings. The zero-order chi connectivity index (χ0) is 18.7. The molecule has 0 radical (unpaired) electrons. The van der Waals surface area contributed by atoms with Gasteiger partial charge in [-0.25, -0.2) is 4.39 Å². The van der Waals surface area contributed by atoms with E-state index in [2.05, 4.69) is 0 Å².